The van der Waals surface area contributed by atoms with Gasteiger partial charge >= 0.3 is 0 Å². The van der Waals surface area contributed by atoms with Crippen LogP contribution >= 0.6 is 0 Å². The topological polar surface area (TPSA) is 72.7 Å². The van der Waals surface area contributed by atoms with E-state index in [9.17, 15) is 4.79 Å². The molecule has 122 valence electrons. The van der Waals surface area contributed by atoms with E-state index in [1.165, 1.54) is 11.0 Å². The van der Waals surface area contributed by atoms with Gasteiger partial charge in [0.25, 0.3) is 0 Å². The highest BCUT2D eigenvalue weighted by Crippen LogP contribution is 2.18. The van der Waals surface area contributed by atoms with E-state index in [2.05, 4.69) is 26.9 Å². The summed E-state index contributed by atoms with van der Waals surface area (Å²) in [5.74, 6) is -0.142. The predicted molar refractivity (Wildman–Crippen MR) is 91.5 cm³/mol. The third kappa shape index (κ3) is 3.84. The number of hydrogen-bond donors (Lipinski definition) is 1. The van der Waals surface area contributed by atoms with Gasteiger partial charge in [-0.15, -0.1) is 5.10 Å². The molecule has 0 aliphatic carbocycles. The Hall–Kier alpha value is -3.02. The van der Waals surface area contributed by atoms with Crippen LogP contribution in [-0.2, 0) is 11.2 Å². The summed E-state index contributed by atoms with van der Waals surface area (Å²) in [5, 5.41) is 14.2. The summed E-state index contributed by atoms with van der Waals surface area (Å²) >= 11 is 0. The van der Waals surface area contributed by atoms with Gasteiger partial charge in [0.05, 0.1) is 0 Å². The molecule has 0 aliphatic heterocycles. The number of benzene rings is 2. The van der Waals surface area contributed by atoms with Gasteiger partial charge in [-0.3, -0.25) is 4.79 Å². The number of nitrogens with one attached hydrogen (secondary N) is 1. The number of carbonyl (C=O) groups excluding carboxylic acids is 1. The zero-order chi connectivity index (χ0) is 16.9. The van der Waals surface area contributed by atoms with Crippen molar-refractivity contribution in [2.75, 3.05) is 5.32 Å². The normalized spacial score (nSPS) is 11.9. The Balaban J connectivity index is 1.83. The van der Waals surface area contributed by atoms with Crippen LogP contribution in [0.1, 0.15) is 22.7 Å². The van der Waals surface area contributed by atoms with Gasteiger partial charge in [-0.05, 0) is 53.1 Å². The standard InChI is InChI=1S/C18H19N5O/c1-13-8-14(2)10-16(9-13)20-18(24)17(23-12-19-21-22-23)11-15-6-4-3-5-7-15/h3-10,12,17H,11H2,1-2H3,(H,20,24). The van der Waals surface area contributed by atoms with E-state index in [0.717, 1.165) is 22.4 Å². The molecule has 24 heavy (non-hydrogen) atoms. The van der Waals surface area contributed by atoms with Crippen LogP contribution in [0, 0.1) is 13.8 Å². The number of nitrogens with zero attached hydrogens (tertiary/aromatic N) is 4. The molecule has 0 saturated carbocycles. The average molecular weight is 321 g/mol. The molecule has 0 radical (unpaired) electrons. The summed E-state index contributed by atoms with van der Waals surface area (Å²) in [7, 11) is 0. The second-order valence-electron chi connectivity index (χ2n) is 5.86. The number of aromatic nitrogens is 4. The van der Waals surface area contributed by atoms with Crippen molar-refractivity contribution in [3.63, 3.8) is 0 Å². The molecule has 3 aromatic rings. The van der Waals surface area contributed by atoms with Crippen LogP contribution in [0.4, 0.5) is 5.69 Å². The van der Waals surface area contributed by atoms with Gasteiger partial charge in [0.2, 0.25) is 5.91 Å². The summed E-state index contributed by atoms with van der Waals surface area (Å²) in [6.07, 6.45) is 1.98. The maximum Gasteiger partial charge on any atom is 0.249 e. The van der Waals surface area contributed by atoms with E-state index >= 15 is 0 Å². The van der Waals surface area contributed by atoms with Crippen molar-refractivity contribution in [2.45, 2.75) is 26.3 Å². The van der Waals surface area contributed by atoms with E-state index in [1.54, 1.807) is 0 Å². The molecule has 0 aliphatic rings. The summed E-state index contributed by atoms with van der Waals surface area (Å²) < 4.78 is 1.49. The maximum absolute atomic E-state index is 12.8. The van der Waals surface area contributed by atoms with Gasteiger partial charge in [0.15, 0.2) is 0 Å². The van der Waals surface area contributed by atoms with E-state index in [-0.39, 0.29) is 5.91 Å². The largest absolute Gasteiger partial charge is 0.324 e. The summed E-state index contributed by atoms with van der Waals surface area (Å²) in [6, 6.07) is 15.3. The Morgan fingerprint density at radius 3 is 2.46 bits per heavy atom. The third-order valence-electron chi connectivity index (χ3n) is 3.75. The van der Waals surface area contributed by atoms with Gasteiger partial charge < -0.3 is 5.32 Å². The lowest BCUT2D eigenvalue weighted by molar-refractivity contribution is -0.119. The second kappa shape index (κ2) is 7.04. The molecule has 0 bridgehead atoms. The highest BCUT2D eigenvalue weighted by molar-refractivity contribution is 5.94. The molecule has 1 atom stereocenters. The van der Waals surface area contributed by atoms with Crippen LogP contribution in [-0.4, -0.2) is 26.1 Å². The lowest BCUT2D eigenvalue weighted by atomic mass is 10.1. The fourth-order valence-electron chi connectivity index (χ4n) is 2.73. The van der Waals surface area contributed by atoms with Gasteiger partial charge in [-0.25, -0.2) is 4.68 Å². The van der Waals surface area contributed by atoms with Crippen molar-refractivity contribution < 1.29 is 4.79 Å². The second-order valence-corrected chi connectivity index (χ2v) is 5.86. The van der Waals surface area contributed by atoms with E-state index in [0.29, 0.717) is 6.42 Å². The van der Waals surface area contributed by atoms with Crippen molar-refractivity contribution in [1.82, 2.24) is 20.2 Å². The van der Waals surface area contributed by atoms with Crippen LogP contribution in [0.3, 0.4) is 0 Å². The van der Waals surface area contributed by atoms with Crippen molar-refractivity contribution in [3.8, 4) is 0 Å². The smallest absolute Gasteiger partial charge is 0.249 e. The minimum absolute atomic E-state index is 0.142. The number of rotatable bonds is 5. The van der Waals surface area contributed by atoms with Crippen molar-refractivity contribution >= 4 is 11.6 Å². The van der Waals surface area contributed by atoms with E-state index < -0.39 is 6.04 Å². The number of carbonyl (C=O) groups is 1. The molecule has 0 spiro atoms. The zero-order valence-corrected chi connectivity index (χ0v) is 13.7. The number of hydrogen-bond acceptors (Lipinski definition) is 4. The SMILES string of the molecule is Cc1cc(C)cc(NC(=O)C(Cc2ccccc2)n2cnnn2)c1. The molecule has 2 aromatic carbocycles. The minimum Gasteiger partial charge on any atom is -0.324 e. The van der Waals surface area contributed by atoms with Crippen LogP contribution in [0.2, 0.25) is 0 Å². The van der Waals surface area contributed by atoms with Crippen LogP contribution in [0.15, 0.2) is 54.9 Å². The highest BCUT2D eigenvalue weighted by Gasteiger charge is 2.22. The molecule has 6 nitrogen and oxygen atoms in total. The van der Waals surface area contributed by atoms with Crippen molar-refractivity contribution in [3.05, 3.63) is 71.5 Å². The first-order valence-corrected chi connectivity index (χ1v) is 7.77. The molecule has 6 heteroatoms. The molecule has 3 rings (SSSR count). The molecule has 0 fully saturated rings. The average Bonchev–Trinajstić information content (AvgIpc) is 3.06. The number of amides is 1. The van der Waals surface area contributed by atoms with Crippen molar-refractivity contribution in [2.24, 2.45) is 0 Å². The third-order valence-corrected chi connectivity index (χ3v) is 3.75. The van der Waals surface area contributed by atoms with Crippen LogP contribution in [0.25, 0.3) is 0 Å². The summed E-state index contributed by atoms with van der Waals surface area (Å²) in [4.78, 5) is 12.8. The molecule has 0 saturated heterocycles. The Morgan fingerprint density at radius 1 is 1.12 bits per heavy atom. The van der Waals surface area contributed by atoms with Gasteiger partial charge in [-0.1, -0.05) is 36.4 Å². The molecule has 1 heterocycles. The fourth-order valence-corrected chi connectivity index (χ4v) is 2.73. The molecule has 1 amide bonds. The number of anilines is 1. The van der Waals surface area contributed by atoms with Gasteiger partial charge in [-0.2, -0.15) is 0 Å². The maximum atomic E-state index is 12.8. The Bertz CT molecular complexity index is 794. The van der Waals surface area contributed by atoms with Crippen LogP contribution < -0.4 is 5.32 Å². The first kappa shape index (κ1) is 15.9. The summed E-state index contributed by atoms with van der Waals surface area (Å²) in [5.41, 5.74) is 4.04. The predicted octanol–water partition coefficient (Wildman–Crippen LogP) is 2.71. The lowest BCUT2D eigenvalue weighted by Gasteiger charge is -2.17. The minimum atomic E-state index is -0.511. The number of aryl methyl sites for hydroxylation is 2. The number of tetrazole rings is 1. The molecule has 1 aromatic heterocycles. The van der Waals surface area contributed by atoms with E-state index in [1.807, 2.05) is 56.3 Å². The molecular weight excluding hydrogens is 302 g/mol. The van der Waals surface area contributed by atoms with Crippen molar-refractivity contribution in [1.29, 1.82) is 0 Å². The summed E-state index contributed by atoms with van der Waals surface area (Å²) in [6.45, 7) is 4.01. The fraction of sp³-hybridized carbons (Fsp3) is 0.222. The Labute approximate surface area is 140 Å². The van der Waals surface area contributed by atoms with Crippen LogP contribution in [0.5, 0.6) is 0 Å². The molecule has 1 unspecified atom stereocenters. The quantitative estimate of drug-likeness (QED) is 0.784. The molecular formula is C18H19N5O. The Morgan fingerprint density at radius 2 is 1.83 bits per heavy atom. The lowest BCUT2D eigenvalue weighted by Crippen LogP contribution is -2.28. The first-order valence-electron chi connectivity index (χ1n) is 7.77. The molecule has 1 N–H and O–H groups in total. The van der Waals surface area contributed by atoms with E-state index in [4.69, 9.17) is 0 Å². The van der Waals surface area contributed by atoms with Gasteiger partial charge in [0, 0.05) is 12.1 Å². The monoisotopic (exact) mass is 321 g/mol. The van der Waals surface area contributed by atoms with Gasteiger partial charge in [0.1, 0.15) is 12.4 Å². The zero-order valence-electron chi connectivity index (χ0n) is 13.7. The highest BCUT2D eigenvalue weighted by atomic mass is 16.2. The first-order chi connectivity index (χ1) is 11.6. The Kier molecular flexibility index (Phi) is 4.65.